The Morgan fingerprint density at radius 3 is 1.86 bits per heavy atom. The number of benzene rings is 2. The van der Waals surface area contributed by atoms with Crippen LogP contribution in [0.5, 0.6) is 11.5 Å². The summed E-state index contributed by atoms with van der Waals surface area (Å²) in [5.41, 5.74) is 0.707. The van der Waals surface area contributed by atoms with E-state index in [4.69, 9.17) is 9.47 Å². The highest BCUT2D eigenvalue weighted by Gasteiger charge is 2.21. The van der Waals surface area contributed by atoms with Crippen LogP contribution in [0.1, 0.15) is 36.7 Å². The van der Waals surface area contributed by atoms with E-state index in [0.717, 1.165) is 0 Å². The van der Waals surface area contributed by atoms with Gasteiger partial charge in [-0.05, 0) is 45.0 Å². The molecular formula is C18H20O3. The molecule has 2 aromatic carbocycles. The highest BCUT2D eigenvalue weighted by Crippen LogP contribution is 2.28. The molecular weight excluding hydrogens is 264 g/mol. The summed E-state index contributed by atoms with van der Waals surface area (Å²) in [5, 5.41) is 0. The minimum Gasteiger partial charge on any atom is -0.496 e. The first-order chi connectivity index (χ1) is 9.92. The summed E-state index contributed by atoms with van der Waals surface area (Å²) in [5.74, 6) is 1.04. The van der Waals surface area contributed by atoms with Gasteiger partial charge in [0.25, 0.3) is 0 Å². The molecule has 0 saturated heterocycles. The van der Waals surface area contributed by atoms with Crippen molar-refractivity contribution < 1.29 is 14.3 Å². The van der Waals surface area contributed by atoms with E-state index in [9.17, 15) is 4.79 Å². The van der Waals surface area contributed by atoms with Gasteiger partial charge in [-0.15, -0.1) is 0 Å². The number of methoxy groups -OCH3 is 1. The number of ketones is 1. The second-order valence-electron chi connectivity index (χ2n) is 5.74. The number of carbonyl (C=O) groups excluding carboxylic acids is 1. The van der Waals surface area contributed by atoms with Gasteiger partial charge in [0.05, 0.1) is 18.2 Å². The fourth-order valence-electron chi connectivity index (χ4n) is 2.05. The summed E-state index contributed by atoms with van der Waals surface area (Å²) in [7, 11) is 1.56. The third-order valence-corrected chi connectivity index (χ3v) is 2.90. The maximum absolute atomic E-state index is 12.8. The molecule has 0 N–H and O–H groups in total. The molecule has 0 amide bonds. The Labute approximate surface area is 125 Å². The molecule has 21 heavy (non-hydrogen) atoms. The number of hydrogen-bond acceptors (Lipinski definition) is 3. The van der Waals surface area contributed by atoms with Crippen molar-refractivity contribution in [2.75, 3.05) is 7.11 Å². The first-order valence-corrected chi connectivity index (χ1v) is 6.88. The second-order valence-corrected chi connectivity index (χ2v) is 5.74. The van der Waals surface area contributed by atoms with Gasteiger partial charge in [0.2, 0.25) is 0 Å². The minimum atomic E-state index is -0.364. The molecule has 0 aliphatic heterocycles. The van der Waals surface area contributed by atoms with Crippen LogP contribution in [-0.2, 0) is 0 Å². The molecule has 0 spiro atoms. The van der Waals surface area contributed by atoms with Gasteiger partial charge in [-0.25, -0.2) is 0 Å². The molecule has 110 valence electrons. The van der Waals surface area contributed by atoms with Crippen molar-refractivity contribution in [3.63, 3.8) is 0 Å². The summed E-state index contributed by atoms with van der Waals surface area (Å²) in [6, 6.07) is 14.5. The zero-order chi connectivity index (χ0) is 15.5. The molecule has 0 fully saturated rings. The van der Waals surface area contributed by atoms with Gasteiger partial charge in [0.1, 0.15) is 17.1 Å². The fourth-order valence-corrected chi connectivity index (χ4v) is 2.05. The van der Waals surface area contributed by atoms with Gasteiger partial charge in [-0.2, -0.15) is 0 Å². The van der Waals surface area contributed by atoms with Crippen molar-refractivity contribution in [3.05, 3.63) is 59.7 Å². The SMILES string of the molecule is COc1ccccc1C(=O)c1ccccc1OC(C)(C)C. The Kier molecular flexibility index (Phi) is 4.32. The van der Waals surface area contributed by atoms with E-state index >= 15 is 0 Å². The van der Waals surface area contributed by atoms with Crippen LogP contribution in [0.2, 0.25) is 0 Å². The van der Waals surface area contributed by atoms with E-state index in [-0.39, 0.29) is 11.4 Å². The summed E-state index contributed by atoms with van der Waals surface area (Å²) in [6.07, 6.45) is 0. The van der Waals surface area contributed by atoms with E-state index in [2.05, 4.69) is 0 Å². The van der Waals surface area contributed by atoms with Crippen LogP contribution in [0.15, 0.2) is 48.5 Å². The summed E-state index contributed by atoms with van der Waals surface area (Å²) >= 11 is 0. The van der Waals surface area contributed by atoms with E-state index < -0.39 is 0 Å². The molecule has 0 unspecified atom stereocenters. The Hall–Kier alpha value is -2.29. The van der Waals surface area contributed by atoms with Crippen LogP contribution >= 0.6 is 0 Å². The highest BCUT2D eigenvalue weighted by molar-refractivity contribution is 6.12. The Balaban J connectivity index is 2.44. The Bertz CT molecular complexity index is 639. The number of rotatable bonds is 4. The third-order valence-electron chi connectivity index (χ3n) is 2.90. The maximum atomic E-state index is 12.8. The molecule has 2 aromatic rings. The molecule has 0 aliphatic rings. The van der Waals surface area contributed by atoms with Crippen molar-refractivity contribution in [2.24, 2.45) is 0 Å². The predicted molar refractivity (Wildman–Crippen MR) is 83.2 cm³/mol. The quantitative estimate of drug-likeness (QED) is 0.793. The van der Waals surface area contributed by atoms with Gasteiger partial charge in [0.15, 0.2) is 5.78 Å². The largest absolute Gasteiger partial charge is 0.496 e. The predicted octanol–water partition coefficient (Wildman–Crippen LogP) is 4.10. The van der Waals surface area contributed by atoms with Gasteiger partial charge in [-0.3, -0.25) is 4.79 Å². The van der Waals surface area contributed by atoms with Crippen LogP contribution in [-0.4, -0.2) is 18.5 Å². The number of para-hydroxylation sites is 2. The minimum absolute atomic E-state index is 0.104. The van der Waals surface area contributed by atoms with Crippen molar-refractivity contribution in [1.82, 2.24) is 0 Å². The molecule has 0 saturated carbocycles. The summed E-state index contributed by atoms with van der Waals surface area (Å²) < 4.78 is 11.2. The smallest absolute Gasteiger partial charge is 0.200 e. The summed E-state index contributed by atoms with van der Waals surface area (Å²) in [6.45, 7) is 5.87. The molecule has 0 radical (unpaired) electrons. The fraction of sp³-hybridized carbons (Fsp3) is 0.278. The zero-order valence-electron chi connectivity index (χ0n) is 12.8. The zero-order valence-corrected chi connectivity index (χ0v) is 12.8. The Morgan fingerprint density at radius 1 is 0.857 bits per heavy atom. The number of carbonyl (C=O) groups is 1. The molecule has 0 atom stereocenters. The third kappa shape index (κ3) is 3.63. The van der Waals surface area contributed by atoms with Crippen molar-refractivity contribution in [2.45, 2.75) is 26.4 Å². The van der Waals surface area contributed by atoms with Crippen molar-refractivity contribution in [3.8, 4) is 11.5 Å². The number of hydrogen-bond donors (Lipinski definition) is 0. The van der Waals surface area contributed by atoms with Crippen LogP contribution in [0.4, 0.5) is 0 Å². The van der Waals surface area contributed by atoms with E-state index in [1.807, 2.05) is 51.1 Å². The lowest BCUT2D eigenvalue weighted by Crippen LogP contribution is -2.24. The lowest BCUT2D eigenvalue weighted by Gasteiger charge is -2.23. The van der Waals surface area contributed by atoms with Gasteiger partial charge < -0.3 is 9.47 Å². The lowest BCUT2D eigenvalue weighted by atomic mass is 10.0. The van der Waals surface area contributed by atoms with E-state index in [1.54, 1.807) is 25.3 Å². The molecule has 0 aliphatic carbocycles. The molecule has 2 rings (SSSR count). The standard InChI is InChI=1S/C18H20O3/c1-18(2,3)21-16-12-8-6-10-14(16)17(19)13-9-5-7-11-15(13)20-4/h5-12H,1-4H3. The molecule has 3 nitrogen and oxygen atoms in total. The highest BCUT2D eigenvalue weighted by atomic mass is 16.5. The van der Waals surface area contributed by atoms with Crippen molar-refractivity contribution in [1.29, 1.82) is 0 Å². The van der Waals surface area contributed by atoms with Crippen molar-refractivity contribution >= 4 is 5.78 Å². The van der Waals surface area contributed by atoms with Gasteiger partial charge >= 0.3 is 0 Å². The average molecular weight is 284 g/mol. The topological polar surface area (TPSA) is 35.5 Å². The molecule has 3 heteroatoms. The Morgan fingerprint density at radius 2 is 1.33 bits per heavy atom. The monoisotopic (exact) mass is 284 g/mol. The van der Waals surface area contributed by atoms with Gasteiger partial charge in [0, 0.05) is 0 Å². The molecule has 0 heterocycles. The first kappa shape index (κ1) is 15.1. The number of ether oxygens (including phenoxy) is 2. The maximum Gasteiger partial charge on any atom is 0.200 e. The second kappa shape index (κ2) is 6.00. The summed E-state index contributed by atoms with van der Waals surface area (Å²) in [4.78, 5) is 12.8. The normalized spacial score (nSPS) is 11.0. The first-order valence-electron chi connectivity index (χ1n) is 6.88. The average Bonchev–Trinajstić information content (AvgIpc) is 2.45. The van der Waals surface area contributed by atoms with Crippen LogP contribution < -0.4 is 9.47 Å². The van der Waals surface area contributed by atoms with Crippen LogP contribution in [0.3, 0.4) is 0 Å². The lowest BCUT2D eigenvalue weighted by molar-refractivity contribution is 0.101. The molecule has 0 bridgehead atoms. The van der Waals surface area contributed by atoms with Crippen LogP contribution in [0.25, 0.3) is 0 Å². The van der Waals surface area contributed by atoms with E-state index in [1.165, 1.54) is 0 Å². The van der Waals surface area contributed by atoms with Crippen LogP contribution in [0, 0.1) is 0 Å². The van der Waals surface area contributed by atoms with E-state index in [0.29, 0.717) is 22.6 Å². The van der Waals surface area contributed by atoms with Gasteiger partial charge in [-0.1, -0.05) is 24.3 Å². The molecule has 0 aromatic heterocycles.